The van der Waals surface area contributed by atoms with Gasteiger partial charge in [0.2, 0.25) is 0 Å². The number of rotatable bonds is 11. The summed E-state index contributed by atoms with van der Waals surface area (Å²) in [6.45, 7) is 2.21. The third-order valence-corrected chi connectivity index (χ3v) is 11.5. The molecule has 0 aliphatic carbocycles. The highest BCUT2D eigenvalue weighted by molar-refractivity contribution is 6.33. The predicted molar refractivity (Wildman–Crippen MR) is 208 cm³/mol. The van der Waals surface area contributed by atoms with Crippen molar-refractivity contribution in [3.63, 3.8) is 0 Å². The molecule has 58 heavy (non-hydrogen) atoms. The Morgan fingerprint density at radius 1 is 0.983 bits per heavy atom. The van der Waals surface area contributed by atoms with E-state index in [2.05, 4.69) is 10.3 Å². The second-order valence-corrected chi connectivity index (χ2v) is 15.5. The number of nitrogens with one attached hydrogen (secondary N) is 1. The van der Waals surface area contributed by atoms with Crippen molar-refractivity contribution >= 4 is 23.2 Å². The van der Waals surface area contributed by atoms with E-state index < -0.39 is 28.9 Å². The summed E-state index contributed by atoms with van der Waals surface area (Å²) >= 11 is 7.10. The Bertz CT molecular complexity index is 2330. The molecule has 8 rings (SSSR count). The summed E-state index contributed by atoms with van der Waals surface area (Å²) < 4.78 is 98.0. The van der Waals surface area contributed by atoms with Crippen LogP contribution in [0.1, 0.15) is 41.5 Å². The minimum Gasteiger partial charge on any atom is -0.497 e. The first-order valence-electron chi connectivity index (χ1n) is 18.8. The van der Waals surface area contributed by atoms with Gasteiger partial charge in [0, 0.05) is 32.1 Å². The number of methoxy groups -OCH3 is 2. The third-order valence-electron chi connectivity index (χ3n) is 11.2. The second-order valence-electron chi connectivity index (χ2n) is 15.1. The van der Waals surface area contributed by atoms with E-state index >= 15 is 13.2 Å². The van der Waals surface area contributed by atoms with Crippen molar-refractivity contribution in [2.75, 3.05) is 52.5 Å². The van der Waals surface area contributed by atoms with Gasteiger partial charge in [-0.1, -0.05) is 35.9 Å². The Morgan fingerprint density at radius 2 is 1.64 bits per heavy atom. The van der Waals surface area contributed by atoms with Gasteiger partial charge in [0.05, 0.1) is 59.4 Å². The lowest BCUT2D eigenvalue weighted by Gasteiger charge is -2.31. The van der Waals surface area contributed by atoms with E-state index in [1.807, 2.05) is 53.4 Å². The summed E-state index contributed by atoms with van der Waals surface area (Å²) in [5, 5.41) is 3.78. The highest BCUT2D eigenvalue weighted by Crippen LogP contribution is 2.47. The zero-order valence-corrected chi connectivity index (χ0v) is 33.1. The van der Waals surface area contributed by atoms with Gasteiger partial charge in [-0.25, -0.2) is 13.8 Å². The maximum Gasteiger partial charge on any atom is 0.418 e. The number of nitrogens with zero attached hydrogens (tertiary/aromatic N) is 5. The molecule has 4 aromatic rings. The lowest BCUT2D eigenvalue weighted by molar-refractivity contribution is -0.137. The summed E-state index contributed by atoms with van der Waals surface area (Å²) in [6.07, 6.45) is -2.29. The largest absolute Gasteiger partial charge is 0.497 e. The fraction of sp³-hybridized carbons (Fsp3) is 0.381. The molecule has 0 radical (unpaired) electrons. The Kier molecular flexibility index (Phi) is 10.3. The van der Waals surface area contributed by atoms with Gasteiger partial charge in [-0.15, -0.1) is 0 Å². The average molecular weight is 825 g/mol. The van der Waals surface area contributed by atoms with Crippen LogP contribution < -0.4 is 35.0 Å². The molecule has 2 saturated heterocycles. The topological polar surface area (TPSA) is 83.9 Å². The smallest absolute Gasteiger partial charge is 0.418 e. The van der Waals surface area contributed by atoms with Crippen LogP contribution in [0.5, 0.6) is 17.2 Å². The number of fused-ring (bicyclic) bond motifs is 1. The van der Waals surface area contributed by atoms with E-state index in [1.54, 1.807) is 37.3 Å². The van der Waals surface area contributed by atoms with Crippen molar-refractivity contribution in [1.82, 2.24) is 20.1 Å². The number of alkyl halides is 5. The molecule has 4 aliphatic rings. The molecule has 1 unspecified atom stereocenters. The lowest BCUT2D eigenvalue weighted by Crippen LogP contribution is -2.43. The Labute approximate surface area is 337 Å². The number of ether oxygens (including phenoxy) is 4. The van der Waals surface area contributed by atoms with Crippen molar-refractivity contribution < 1.29 is 40.9 Å². The van der Waals surface area contributed by atoms with Crippen LogP contribution in [0.25, 0.3) is 17.1 Å². The second kappa shape index (κ2) is 15.1. The normalized spacial score (nSPS) is 19.6. The van der Waals surface area contributed by atoms with Gasteiger partial charge in [0.25, 0.3) is 5.92 Å². The molecular formula is C42H42ClF5N6O4. The first kappa shape index (κ1) is 39.5. The number of benzene rings is 3. The highest BCUT2D eigenvalue weighted by atomic mass is 35.5. The van der Waals surface area contributed by atoms with Crippen molar-refractivity contribution in [2.45, 2.75) is 56.9 Å². The molecule has 0 bridgehead atoms. The monoisotopic (exact) mass is 824 g/mol. The molecule has 0 amide bonds. The minimum absolute atomic E-state index is 0.0165. The summed E-state index contributed by atoms with van der Waals surface area (Å²) in [6, 6.07) is 17.7. The fourth-order valence-corrected chi connectivity index (χ4v) is 8.72. The van der Waals surface area contributed by atoms with Crippen molar-refractivity contribution in [3.8, 4) is 28.5 Å². The van der Waals surface area contributed by atoms with Crippen LogP contribution >= 0.6 is 11.6 Å². The van der Waals surface area contributed by atoms with Gasteiger partial charge >= 0.3 is 12.1 Å². The molecule has 10 nitrogen and oxygen atoms in total. The van der Waals surface area contributed by atoms with Gasteiger partial charge in [0.1, 0.15) is 42.2 Å². The Morgan fingerprint density at radius 3 is 2.26 bits per heavy atom. The quantitative estimate of drug-likeness (QED) is 0.158. The third kappa shape index (κ3) is 7.57. The number of halogens is 6. The van der Waals surface area contributed by atoms with Gasteiger partial charge in [-0.3, -0.25) is 9.89 Å². The fourth-order valence-electron chi connectivity index (χ4n) is 8.43. The first-order chi connectivity index (χ1) is 27.7. The van der Waals surface area contributed by atoms with Gasteiger partial charge in [0.15, 0.2) is 0 Å². The molecule has 306 valence electrons. The molecule has 2 fully saturated rings. The molecule has 1 atom stereocenters. The van der Waals surface area contributed by atoms with E-state index in [-0.39, 0.29) is 65.3 Å². The van der Waals surface area contributed by atoms with E-state index in [0.29, 0.717) is 48.6 Å². The molecule has 4 aliphatic heterocycles. The molecule has 1 aromatic heterocycles. The maximum absolute atomic E-state index is 15.2. The van der Waals surface area contributed by atoms with Crippen LogP contribution in [0.2, 0.25) is 5.02 Å². The summed E-state index contributed by atoms with van der Waals surface area (Å²) in [7, 11) is 4.88. The maximum atomic E-state index is 15.2. The first-order valence-corrected chi connectivity index (χ1v) is 19.2. The number of aromatic nitrogens is 1. The summed E-state index contributed by atoms with van der Waals surface area (Å²) in [4.78, 5) is 14.7. The van der Waals surface area contributed by atoms with Crippen molar-refractivity contribution in [2.24, 2.45) is 4.99 Å². The molecule has 3 aromatic carbocycles. The number of aryl methyl sites for hydroxylation is 1. The lowest BCUT2D eigenvalue weighted by atomic mass is 9.94. The van der Waals surface area contributed by atoms with E-state index in [1.165, 1.54) is 19.1 Å². The molecule has 0 spiro atoms. The number of anilines is 1. The van der Waals surface area contributed by atoms with Crippen molar-refractivity contribution in [3.05, 3.63) is 111 Å². The number of pyridine rings is 1. The molecule has 0 saturated carbocycles. The Hall–Kier alpha value is -5.28. The van der Waals surface area contributed by atoms with Crippen molar-refractivity contribution in [1.29, 1.82) is 0 Å². The standard InChI is InChI=1S/C42H42ClF5N6O4/c1-25-16-32(53(18-26-6-10-28(55-3)11-7-26)19-27-8-12-29(56-4)13-9-27)51-37(35(25)42(46,47)48)30-17-31-34-38(36(30)43)49-24-50-39(34)52(2)20-33(58-31)57-23-40-14-5-15-54(40)22-41(44,45)21-40/h6-13,16-17,20,50H,5,14-15,18-19,21-24H2,1-4H3. The van der Waals surface area contributed by atoms with Crippen LogP contribution in [-0.2, 0) is 24.0 Å². The van der Waals surface area contributed by atoms with Gasteiger partial charge in [-0.05, 0) is 79.4 Å². The van der Waals surface area contributed by atoms with Crippen LogP contribution in [-0.4, -0.2) is 73.9 Å². The highest BCUT2D eigenvalue weighted by Gasteiger charge is 2.57. The number of hydrogen-bond donors (Lipinski definition) is 1. The molecule has 16 heteroatoms. The number of hydrogen-bond acceptors (Lipinski definition) is 10. The van der Waals surface area contributed by atoms with Crippen LogP contribution in [0.15, 0.2) is 77.8 Å². The van der Waals surface area contributed by atoms with E-state index in [0.717, 1.165) is 17.5 Å². The molecular weight excluding hydrogens is 783 g/mol. The van der Waals surface area contributed by atoms with E-state index in [9.17, 15) is 8.78 Å². The Balaban J connectivity index is 1.23. The zero-order valence-electron chi connectivity index (χ0n) is 32.4. The van der Waals surface area contributed by atoms with Crippen LogP contribution in [0.4, 0.5) is 27.8 Å². The molecule has 5 heterocycles. The van der Waals surface area contributed by atoms with Crippen LogP contribution in [0, 0.1) is 6.92 Å². The summed E-state index contributed by atoms with van der Waals surface area (Å²) in [5.74, 6) is -0.619. The summed E-state index contributed by atoms with van der Waals surface area (Å²) in [5.41, 5.74) is -0.600. The SMILES string of the molecule is COc1ccc(CN(Cc2ccc(OC)cc2)c2cc(C)c(C(F)(F)F)c(-c3cc4c5c(c3Cl)=NCNC=5N(C)C=C(OCC35CCCN3CC(F)(F)C5)O4)n2)cc1. The van der Waals surface area contributed by atoms with Gasteiger partial charge < -0.3 is 34.1 Å². The predicted octanol–water partition coefficient (Wildman–Crippen LogP) is 7.21. The minimum atomic E-state index is -4.82. The van der Waals surface area contributed by atoms with Crippen LogP contribution in [0.3, 0.4) is 0 Å². The molecule has 1 N–H and O–H groups in total. The zero-order chi connectivity index (χ0) is 41.0. The van der Waals surface area contributed by atoms with E-state index in [4.69, 9.17) is 35.5 Å². The average Bonchev–Trinajstić information content (AvgIpc) is 3.63. The van der Waals surface area contributed by atoms with Gasteiger partial charge in [-0.2, -0.15) is 13.2 Å².